The Kier molecular flexibility index (Phi) is 6.25. The summed E-state index contributed by atoms with van der Waals surface area (Å²) in [5, 5.41) is 15.9. The number of ether oxygens (including phenoxy) is 2. The molecule has 2 rings (SSSR count). The standard InChI is InChI=1S/C19H24N2O4/c1-19(23,15-7-5-4-6-8-15)13-21-18(22)20-12-14-9-10-16(24-2)17(11-14)25-3/h4-11,23H,12-13H2,1-3H3,(H2,20,21,22)/t19-/m1/s1. The first-order valence-corrected chi connectivity index (χ1v) is 7.97. The third-order valence-electron chi connectivity index (χ3n) is 3.89. The normalized spacial score (nSPS) is 12.8. The smallest absolute Gasteiger partial charge is 0.315 e. The van der Waals surface area contributed by atoms with Crippen molar-refractivity contribution in [3.63, 3.8) is 0 Å². The predicted octanol–water partition coefficient (Wildman–Crippen LogP) is 2.41. The molecule has 0 aromatic heterocycles. The van der Waals surface area contributed by atoms with E-state index in [0.29, 0.717) is 18.0 Å². The van der Waals surface area contributed by atoms with Gasteiger partial charge < -0.3 is 25.2 Å². The van der Waals surface area contributed by atoms with Crippen molar-refractivity contribution in [2.45, 2.75) is 19.1 Å². The van der Waals surface area contributed by atoms with Gasteiger partial charge in [-0.2, -0.15) is 0 Å². The van der Waals surface area contributed by atoms with Crippen molar-refractivity contribution < 1.29 is 19.4 Å². The molecule has 2 amide bonds. The molecule has 6 nitrogen and oxygen atoms in total. The summed E-state index contributed by atoms with van der Waals surface area (Å²) in [6.07, 6.45) is 0. The first kappa shape index (κ1) is 18.6. The Morgan fingerprint density at radius 3 is 2.36 bits per heavy atom. The van der Waals surface area contributed by atoms with Crippen molar-refractivity contribution >= 4 is 6.03 Å². The SMILES string of the molecule is COc1ccc(CNC(=O)NC[C@@](C)(O)c2ccccc2)cc1OC. The molecular formula is C19H24N2O4. The molecular weight excluding hydrogens is 320 g/mol. The van der Waals surface area contributed by atoms with Gasteiger partial charge in [-0.3, -0.25) is 0 Å². The van der Waals surface area contributed by atoms with Gasteiger partial charge in [0.25, 0.3) is 0 Å². The van der Waals surface area contributed by atoms with Gasteiger partial charge in [0.1, 0.15) is 5.60 Å². The second-order valence-electron chi connectivity index (χ2n) is 5.87. The summed E-state index contributed by atoms with van der Waals surface area (Å²) in [5.74, 6) is 1.24. The summed E-state index contributed by atoms with van der Waals surface area (Å²) < 4.78 is 10.4. The summed E-state index contributed by atoms with van der Waals surface area (Å²) in [5.41, 5.74) is 0.486. The van der Waals surface area contributed by atoms with Crippen LogP contribution in [0, 0.1) is 0 Å². The van der Waals surface area contributed by atoms with Crippen LogP contribution in [-0.2, 0) is 12.1 Å². The van der Waals surface area contributed by atoms with E-state index in [1.54, 1.807) is 33.3 Å². The zero-order valence-electron chi connectivity index (χ0n) is 14.7. The molecule has 0 bridgehead atoms. The zero-order valence-corrected chi connectivity index (χ0v) is 14.7. The molecule has 0 radical (unpaired) electrons. The first-order chi connectivity index (χ1) is 12.0. The largest absolute Gasteiger partial charge is 0.493 e. The molecule has 0 unspecified atom stereocenters. The van der Waals surface area contributed by atoms with Crippen molar-refractivity contribution in [1.29, 1.82) is 0 Å². The van der Waals surface area contributed by atoms with Gasteiger partial charge in [-0.15, -0.1) is 0 Å². The minimum Gasteiger partial charge on any atom is -0.493 e. The van der Waals surface area contributed by atoms with Crippen LogP contribution < -0.4 is 20.1 Å². The number of nitrogens with one attached hydrogen (secondary N) is 2. The highest BCUT2D eigenvalue weighted by atomic mass is 16.5. The number of hydrogen-bond acceptors (Lipinski definition) is 4. The fourth-order valence-electron chi connectivity index (χ4n) is 2.39. The number of urea groups is 1. The van der Waals surface area contributed by atoms with Crippen LogP contribution in [0.25, 0.3) is 0 Å². The average molecular weight is 344 g/mol. The van der Waals surface area contributed by atoms with Crippen LogP contribution >= 0.6 is 0 Å². The minimum absolute atomic E-state index is 0.106. The van der Waals surface area contributed by atoms with Crippen molar-refractivity contribution in [2.75, 3.05) is 20.8 Å². The summed E-state index contributed by atoms with van der Waals surface area (Å²) in [7, 11) is 3.13. The van der Waals surface area contributed by atoms with E-state index < -0.39 is 5.60 Å². The molecule has 0 saturated heterocycles. The molecule has 0 aliphatic carbocycles. The minimum atomic E-state index is -1.14. The number of carbonyl (C=O) groups is 1. The maximum atomic E-state index is 12.0. The molecule has 3 N–H and O–H groups in total. The predicted molar refractivity (Wildman–Crippen MR) is 95.8 cm³/mol. The molecule has 0 aliphatic heterocycles. The van der Waals surface area contributed by atoms with Crippen LogP contribution in [0.2, 0.25) is 0 Å². The van der Waals surface area contributed by atoms with E-state index in [2.05, 4.69) is 10.6 Å². The van der Waals surface area contributed by atoms with Crippen LogP contribution in [0.15, 0.2) is 48.5 Å². The van der Waals surface area contributed by atoms with E-state index in [0.717, 1.165) is 11.1 Å². The van der Waals surface area contributed by atoms with Crippen molar-refractivity contribution in [3.8, 4) is 11.5 Å². The quantitative estimate of drug-likeness (QED) is 0.721. The van der Waals surface area contributed by atoms with E-state index in [-0.39, 0.29) is 12.6 Å². The Hall–Kier alpha value is -2.73. The zero-order chi connectivity index (χ0) is 18.3. The molecule has 1 atom stereocenters. The van der Waals surface area contributed by atoms with E-state index in [9.17, 15) is 9.90 Å². The number of rotatable bonds is 7. The molecule has 0 fully saturated rings. The summed E-state index contributed by atoms with van der Waals surface area (Å²) in [4.78, 5) is 12.0. The summed E-state index contributed by atoms with van der Waals surface area (Å²) >= 11 is 0. The van der Waals surface area contributed by atoms with Gasteiger partial charge in [-0.05, 0) is 30.2 Å². The lowest BCUT2D eigenvalue weighted by Gasteiger charge is -2.24. The molecule has 0 heterocycles. The van der Waals surface area contributed by atoms with Crippen LogP contribution in [0.5, 0.6) is 11.5 Å². The third-order valence-corrected chi connectivity index (χ3v) is 3.89. The van der Waals surface area contributed by atoms with E-state index in [1.165, 1.54) is 0 Å². The second kappa shape index (κ2) is 8.39. The number of amides is 2. The van der Waals surface area contributed by atoms with Gasteiger partial charge in [0, 0.05) is 6.54 Å². The van der Waals surface area contributed by atoms with Crippen molar-refractivity contribution in [2.24, 2.45) is 0 Å². The lowest BCUT2D eigenvalue weighted by molar-refractivity contribution is 0.0594. The molecule has 134 valence electrons. The van der Waals surface area contributed by atoms with Crippen LogP contribution in [-0.4, -0.2) is 31.9 Å². The van der Waals surface area contributed by atoms with Crippen molar-refractivity contribution in [1.82, 2.24) is 10.6 Å². The number of aliphatic hydroxyl groups is 1. The van der Waals surface area contributed by atoms with Crippen LogP contribution in [0.1, 0.15) is 18.1 Å². The maximum absolute atomic E-state index is 12.0. The Morgan fingerprint density at radius 2 is 1.72 bits per heavy atom. The maximum Gasteiger partial charge on any atom is 0.315 e. The Balaban J connectivity index is 1.87. The van der Waals surface area contributed by atoms with Crippen LogP contribution in [0.3, 0.4) is 0 Å². The molecule has 0 aliphatic rings. The van der Waals surface area contributed by atoms with Gasteiger partial charge in [-0.1, -0.05) is 36.4 Å². The fraction of sp³-hybridized carbons (Fsp3) is 0.316. The van der Waals surface area contributed by atoms with Crippen LogP contribution in [0.4, 0.5) is 4.79 Å². The first-order valence-electron chi connectivity index (χ1n) is 7.97. The number of methoxy groups -OCH3 is 2. The third kappa shape index (κ3) is 5.12. The summed E-state index contributed by atoms with van der Waals surface area (Å²) in [6, 6.07) is 14.3. The van der Waals surface area contributed by atoms with E-state index >= 15 is 0 Å². The highest BCUT2D eigenvalue weighted by Crippen LogP contribution is 2.27. The molecule has 6 heteroatoms. The number of carbonyl (C=O) groups excluding carboxylic acids is 1. The Bertz CT molecular complexity index is 702. The fourth-order valence-corrected chi connectivity index (χ4v) is 2.39. The molecule has 0 saturated carbocycles. The van der Waals surface area contributed by atoms with Gasteiger partial charge in [-0.25, -0.2) is 4.79 Å². The van der Waals surface area contributed by atoms with E-state index in [1.807, 2.05) is 36.4 Å². The van der Waals surface area contributed by atoms with Gasteiger partial charge >= 0.3 is 6.03 Å². The lowest BCUT2D eigenvalue weighted by Crippen LogP contribution is -2.43. The summed E-state index contributed by atoms with van der Waals surface area (Å²) in [6.45, 7) is 2.10. The van der Waals surface area contributed by atoms with E-state index in [4.69, 9.17) is 9.47 Å². The molecule has 0 spiro atoms. The molecule has 2 aromatic rings. The molecule has 25 heavy (non-hydrogen) atoms. The highest BCUT2D eigenvalue weighted by molar-refractivity contribution is 5.74. The Labute approximate surface area is 147 Å². The number of benzene rings is 2. The highest BCUT2D eigenvalue weighted by Gasteiger charge is 2.23. The lowest BCUT2D eigenvalue weighted by atomic mass is 9.96. The van der Waals surface area contributed by atoms with Gasteiger partial charge in [0.2, 0.25) is 0 Å². The number of hydrogen-bond donors (Lipinski definition) is 3. The average Bonchev–Trinajstić information content (AvgIpc) is 2.65. The monoisotopic (exact) mass is 344 g/mol. The van der Waals surface area contributed by atoms with Gasteiger partial charge in [0.05, 0.1) is 20.8 Å². The van der Waals surface area contributed by atoms with Crippen molar-refractivity contribution in [3.05, 3.63) is 59.7 Å². The Morgan fingerprint density at radius 1 is 1.04 bits per heavy atom. The topological polar surface area (TPSA) is 79.8 Å². The molecule has 2 aromatic carbocycles. The second-order valence-corrected chi connectivity index (χ2v) is 5.87. The van der Waals surface area contributed by atoms with Gasteiger partial charge in [0.15, 0.2) is 11.5 Å².